The number of piperazine rings is 1. The Morgan fingerprint density at radius 2 is 1.83 bits per heavy atom. The van der Waals surface area contributed by atoms with Crippen LogP contribution in [0, 0.1) is 6.92 Å². The standard InChI is InChI=1S/C15H19F3N6/c1-12-9-21-24(10-12)7-4-22-2-5-23(6-3-22)14-8-13(15(16,17)18)19-11-20-14/h8-11H,2-7H2,1H3. The van der Waals surface area contributed by atoms with E-state index in [0.717, 1.165) is 44.1 Å². The van der Waals surface area contributed by atoms with Crippen molar-refractivity contribution in [2.45, 2.75) is 19.6 Å². The Labute approximate surface area is 137 Å². The number of aryl methyl sites for hydroxylation is 1. The minimum atomic E-state index is -4.44. The zero-order valence-electron chi connectivity index (χ0n) is 13.4. The summed E-state index contributed by atoms with van der Waals surface area (Å²) in [5, 5.41) is 4.25. The van der Waals surface area contributed by atoms with Gasteiger partial charge in [-0.15, -0.1) is 0 Å². The van der Waals surface area contributed by atoms with E-state index in [9.17, 15) is 13.2 Å². The van der Waals surface area contributed by atoms with E-state index in [1.54, 1.807) is 0 Å². The van der Waals surface area contributed by atoms with Gasteiger partial charge in [0.25, 0.3) is 0 Å². The van der Waals surface area contributed by atoms with Crippen molar-refractivity contribution in [1.82, 2.24) is 24.6 Å². The van der Waals surface area contributed by atoms with Crippen molar-refractivity contribution in [3.05, 3.63) is 36.0 Å². The smallest absolute Gasteiger partial charge is 0.354 e. The summed E-state index contributed by atoms with van der Waals surface area (Å²) in [4.78, 5) is 11.4. The molecule has 1 aliphatic heterocycles. The van der Waals surface area contributed by atoms with Gasteiger partial charge in [0.2, 0.25) is 0 Å². The lowest BCUT2D eigenvalue weighted by Crippen LogP contribution is -2.47. The molecular formula is C15H19F3N6. The average Bonchev–Trinajstić information content (AvgIpc) is 2.98. The Morgan fingerprint density at radius 3 is 2.46 bits per heavy atom. The van der Waals surface area contributed by atoms with Crippen molar-refractivity contribution in [2.24, 2.45) is 0 Å². The lowest BCUT2D eigenvalue weighted by Gasteiger charge is -2.35. The molecule has 0 radical (unpaired) electrons. The molecule has 6 nitrogen and oxygen atoms in total. The van der Waals surface area contributed by atoms with Crippen LogP contribution in [0.4, 0.5) is 19.0 Å². The molecule has 0 bridgehead atoms. The predicted octanol–water partition coefficient (Wildman–Crippen LogP) is 1.82. The molecule has 9 heteroatoms. The predicted molar refractivity (Wildman–Crippen MR) is 82.7 cm³/mol. The summed E-state index contributed by atoms with van der Waals surface area (Å²) in [7, 11) is 0. The third-order valence-electron chi connectivity index (χ3n) is 4.05. The van der Waals surface area contributed by atoms with Crippen LogP contribution < -0.4 is 4.90 Å². The second-order valence-corrected chi connectivity index (χ2v) is 5.87. The quantitative estimate of drug-likeness (QED) is 0.850. The number of halogens is 3. The number of aromatic nitrogens is 4. The SMILES string of the molecule is Cc1cnn(CCN2CCN(c3cc(C(F)(F)F)ncn3)CC2)c1. The summed E-state index contributed by atoms with van der Waals surface area (Å²) in [6.45, 7) is 6.53. The third-order valence-corrected chi connectivity index (χ3v) is 4.05. The van der Waals surface area contributed by atoms with Crippen LogP contribution in [0.5, 0.6) is 0 Å². The maximum Gasteiger partial charge on any atom is 0.433 e. The van der Waals surface area contributed by atoms with Gasteiger partial charge in [0.15, 0.2) is 0 Å². The van der Waals surface area contributed by atoms with Crippen LogP contribution in [-0.2, 0) is 12.7 Å². The summed E-state index contributed by atoms with van der Waals surface area (Å²) in [6.07, 6.45) is 0.354. The first kappa shape index (κ1) is 16.7. The lowest BCUT2D eigenvalue weighted by atomic mass is 10.3. The maximum absolute atomic E-state index is 12.7. The molecule has 0 unspecified atom stereocenters. The molecule has 3 rings (SSSR count). The van der Waals surface area contributed by atoms with E-state index >= 15 is 0 Å². The van der Waals surface area contributed by atoms with Crippen molar-refractivity contribution < 1.29 is 13.2 Å². The lowest BCUT2D eigenvalue weighted by molar-refractivity contribution is -0.141. The molecule has 0 aliphatic carbocycles. The summed E-state index contributed by atoms with van der Waals surface area (Å²) in [5.41, 5.74) is 0.230. The van der Waals surface area contributed by atoms with Gasteiger partial charge in [-0.1, -0.05) is 0 Å². The highest BCUT2D eigenvalue weighted by Gasteiger charge is 2.33. The first-order chi connectivity index (χ1) is 11.4. The number of anilines is 1. The van der Waals surface area contributed by atoms with Crippen LogP contribution >= 0.6 is 0 Å². The highest BCUT2D eigenvalue weighted by atomic mass is 19.4. The summed E-state index contributed by atoms with van der Waals surface area (Å²) >= 11 is 0. The van der Waals surface area contributed by atoms with Gasteiger partial charge >= 0.3 is 6.18 Å². The molecule has 0 amide bonds. The second kappa shape index (κ2) is 6.76. The van der Waals surface area contributed by atoms with Gasteiger partial charge in [-0.25, -0.2) is 9.97 Å². The van der Waals surface area contributed by atoms with Crippen LogP contribution in [0.15, 0.2) is 24.8 Å². The van der Waals surface area contributed by atoms with Crippen LogP contribution in [0.2, 0.25) is 0 Å². The fourth-order valence-corrected chi connectivity index (χ4v) is 2.71. The second-order valence-electron chi connectivity index (χ2n) is 5.87. The van der Waals surface area contributed by atoms with Gasteiger partial charge in [-0.2, -0.15) is 18.3 Å². The Hall–Kier alpha value is -2.16. The first-order valence-corrected chi connectivity index (χ1v) is 7.77. The highest BCUT2D eigenvalue weighted by Crippen LogP contribution is 2.29. The van der Waals surface area contributed by atoms with Crippen LogP contribution in [0.25, 0.3) is 0 Å². The van der Waals surface area contributed by atoms with Gasteiger partial charge in [-0.05, 0) is 12.5 Å². The normalized spacial score (nSPS) is 16.6. The van der Waals surface area contributed by atoms with E-state index in [-0.39, 0.29) is 0 Å². The minimum Gasteiger partial charge on any atom is -0.354 e. The fourth-order valence-electron chi connectivity index (χ4n) is 2.71. The highest BCUT2D eigenvalue weighted by molar-refractivity contribution is 5.40. The molecule has 0 saturated carbocycles. The third kappa shape index (κ3) is 4.02. The van der Waals surface area contributed by atoms with Gasteiger partial charge in [0.1, 0.15) is 17.8 Å². The largest absolute Gasteiger partial charge is 0.433 e. The van der Waals surface area contributed by atoms with Gasteiger partial charge in [0, 0.05) is 45.0 Å². The number of rotatable bonds is 4. The van der Waals surface area contributed by atoms with Crippen molar-refractivity contribution in [2.75, 3.05) is 37.6 Å². The molecule has 3 heterocycles. The monoisotopic (exact) mass is 340 g/mol. The molecule has 130 valence electrons. The number of hydrogen-bond acceptors (Lipinski definition) is 5. The molecule has 24 heavy (non-hydrogen) atoms. The molecule has 0 atom stereocenters. The number of nitrogens with zero attached hydrogens (tertiary/aromatic N) is 6. The zero-order valence-corrected chi connectivity index (χ0v) is 13.4. The van der Waals surface area contributed by atoms with Gasteiger partial charge in [0.05, 0.1) is 12.7 Å². The molecule has 1 saturated heterocycles. The van der Waals surface area contributed by atoms with Crippen LogP contribution in [0.1, 0.15) is 11.3 Å². The van der Waals surface area contributed by atoms with E-state index in [4.69, 9.17) is 0 Å². The average molecular weight is 340 g/mol. The molecular weight excluding hydrogens is 321 g/mol. The number of hydrogen-bond donors (Lipinski definition) is 0. The Balaban J connectivity index is 1.53. The van der Waals surface area contributed by atoms with Gasteiger partial charge in [-0.3, -0.25) is 9.58 Å². The Bertz CT molecular complexity index is 676. The van der Waals surface area contributed by atoms with Crippen molar-refractivity contribution in [3.63, 3.8) is 0 Å². The minimum absolute atomic E-state index is 0.333. The Morgan fingerprint density at radius 1 is 1.08 bits per heavy atom. The van der Waals surface area contributed by atoms with E-state index in [1.807, 2.05) is 28.9 Å². The van der Waals surface area contributed by atoms with E-state index in [2.05, 4.69) is 20.0 Å². The molecule has 1 aliphatic rings. The molecule has 0 N–H and O–H groups in total. The fraction of sp³-hybridized carbons (Fsp3) is 0.533. The summed E-state index contributed by atoms with van der Waals surface area (Å²) in [6, 6.07) is 1.02. The van der Waals surface area contributed by atoms with Crippen molar-refractivity contribution in [3.8, 4) is 0 Å². The van der Waals surface area contributed by atoms with Gasteiger partial charge < -0.3 is 4.90 Å². The van der Waals surface area contributed by atoms with E-state index < -0.39 is 11.9 Å². The summed E-state index contributed by atoms with van der Waals surface area (Å²) < 4.78 is 40.1. The zero-order chi connectivity index (χ0) is 17.2. The van der Waals surface area contributed by atoms with Crippen LogP contribution in [0.3, 0.4) is 0 Å². The molecule has 2 aromatic rings. The topological polar surface area (TPSA) is 50.1 Å². The van der Waals surface area contributed by atoms with E-state index in [0.29, 0.717) is 18.9 Å². The van der Waals surface area contributed by atoms with Crippen LogP contribution in [-0.4, -0.2) is 57.4 Å². The molecule has 0 spiro atoms. The van der Waals surface area contributed by atoms with Crippen molar-refractivity contribution in [1.29, 1.82) is 0 Å². The Kier molecular flexibility index (Phi) is 4.70. The summed E-state index contributed by atoms with van der Waals surface area (Å²) in [5.74, 6) is 0.333. The molecule has 2 aromatic heterocycles. The molecule has 1 fully saturated rings. The molecule has 0 aromatic carbocycles. The van der Waals surface area contributed by atoms with Crippen molar-refractivity contribution >= 4 is 5.82 Å². The first-order valence-electron chi connectivity index (χ1n) is 7.77. The van der Waals surface area contributed by atoms with E-state index in [1.165, 1.54) is 0 Å². The number of alkyl halides is 3. The maximum atomic E-state index is 12.7.